The molecule has 4 nitrogen and oxygen atoms in total. The number of carbonyl (C=O) groups excluding carboxylic acids is 1. The first-order valence-corrected chi connectivity index (χ1v) is 7.12. The molecule has 0 bridgehead atoms. The van der Waals surface area contributed by atoms with Crippen LogP contribution in [0.15, 0.2) is 66.7 Å². The number of rotatable bonds is 3. The molecule has 2 aromatic carbocycles. The van der Waals surface area contributed by atoms with Crippen molar-refractivity contribution in [2.45, 2.75) is 6.92 Å². The summed E-state index contributed by atoms with van der Waals surface area (Å²) in [5, 5.41) is 4.45. The fourth-order valence-corrected chi connectivity index (χ4v) is 2.36. The van der Waals surface area contributed by atoms with Crippen molar-refractivity contribution in [1.29, 1.82) is 0 Å². The Morgan fingerprint density at radius 3 is 2.23 bits per heavy atom. The van der Waals surface area contributed by atoms with Gasteiger partial charge in [-0.2, -0.15) is 5.10 Å². The highest BCUT2D eigenvalue weighted by molar-refractivity contribution is 6.05. The van der Waals surface area contributed by atoms with Crippen molar-refractivity contribution >= 4 is 11.6 Å². The molecule has 0 aliphatic rings. The van der Waals surface area contributed by atoms with Crippen molar-refractivity contribution in [2.75, 3.05) is 11.9 Å². The molecule has 0 unspecified atom stereocenters. The molecule has 0 saturated carbocycles. The van der Waals surface area contributed by atoms with Crippen LogP contribution in [0, 0.1) is 6.92 Å². The number of benzene rings is 2. The zero-order chi connectivity index (χ0) is 15.5. The molecular weight excluding hydrogens is 274 g/mol. The first kappa shape index (κ1) is 14.1. The molecule has 1 aromatic heterocycles. The third-order valence-corrected chi connectivity index (χ3v) is 3.50. The van der Waals surface area contributed by atoms with E-state index in [4.69, 9.17) is 0 Å². The van der Waals surface area contributed by atoms with E-state index in [9.17, 15) is 4.79 Å². The van der Waals surface area contributed by atoms with Gasteiger partial charge in [0.2, 0.25) is 0 Å². The minimum atomic E-state index is -0.0874. The second-order valence-corrected chi connectivity index (χ2v) is 5.12. The smallest absolute Gasteiger partial charge is 0.276 e. The lowest BCUT2D eigenvalue weighted by molar-refractivity contribution is 0.0985. The van der Waals surface area contributed by atoms with Crippen molar-refractivity contribution in [3.05, 3.63) is 78.1 Å². The van der Waals surface area contributed by atoms with E-state index in [1.165, 1.54) is 0 Å². The number of carbonyl (C=O) groups is 1. The van der Waals surface area contributed by atoms with Crippen LogP contribution in [0.1, 0.15) is 16.2 Å². The van der Waals surface area contributed by atoms with Gasteiger partial charge in [-0.25, -0.2) is 4.68 Å². The maximum absolute atomic E-state index is 12.8. The van der Waals surface area contributed by atoms with Crippen LogP contribution in [0.25, 0.3) is 5.69 Å². The lowest BCUT2D eigenvalue weighted by Gasteiger charge is -2.17. The van der Waals surface area contributed by atoms with Crippen LogP contribution in [0.2, 0.25) is 0 Å². The molecule has 110 valence electrons. The summed E-state index contributed by atoms with van der Waals surface area (Å²) in [4.78, 5) is 14.5. The first-order chi connectivity index (χ1) is 10.7. The van der Waals surface area contributed by atoms with Gasteiger partial charge in [0, 0.05) is 12.7 Å². The summed E-state index contributed by atoms with van der Waals surface area (Å²) in [6, 6.07) is 21.1. The van der Waals surface area contributed by atoms with E-state index in [0.29, 0.717) is 5.69 Å². The zero-order valence-electron chi connectivity index (χ0n) is 12.6. The molecule has 0 spiro atoms. The quantitative estimate of drug-likeness (QED) is 0.741. The highest BCUT2D eigenvalue weighted by atomic mass is 16.2. The molecule has 1 amide bonds. The van der Waals surface area contributed by atoms with Crippen molar-refractivity contribution in [1.82, 2.24) is 9.78 Å². The second kappa shape index (κ2) is 5.85. The Labute approximate surface area is 129 Å². The average Bonchev–Trinajstić information content (AvgIpc) is 2.97. The van der Waals surface area contributed by atoms with Crippen LogP contribution in [-0.4, -0.2) is 22.7 Å². The maximum atomic E-state index is 12.8. The predicted molar refractivity (Wildman–Crippen MR) is 87.5 cm³/mol. The summed E-state index contributed by atoms with van der Waals surface area (Å²) >= 11 is 0. The van der Waals surface area contributed by atoms with E-state index in [0.717, 1.165) is 17.1 Å². The van der Waals surface area contributed by atoms with Gasteiger partial charge < -0.3 is 4.90 Å². The molecule has 3 aromatic rings. The van der Waals surface area contributed by atoms with Gasteiger partial charge >= 0.3 is 0 Å². The molecule has 22 heavy (non-hydrogen) atoms. The van der Waals surface area contributed by atoms with Crippen LogP contribution in [-0.2, 0) is 0 Å². The van der Waals surface area contributed by atoms with Crippen LogP contribution in [0.4, 0.5) is 5.69 Å². The summed E-state index contributed by atoms with van der Waals surface area (Å²) in [7, 11) is 1.77. The van der Waals surface area contributed by atoms with Crippen molar-refractivity contribution < 1.29 is 4.79 Å². The van der Waals surface area contributed by atoms with E-state index in [1.54, 1.807) is 16.6 Å². The van der Waals surface area contributed by atoms with E-state index in [-0.39, 0.29) is 5.91 Å². The van der Waals surface area contributed by atoms with Crippen molar-refractivity contribution in [3.8, 4) is 5.69 Å². The lowest BCUT2D eigenvalue weighted by Crippen LogP contribution is -2.28. The van der Waals surface area contributed by atoms with Crippen LogP contribution in [0.5, 0.6) is 0 Å². The van der Waals surface area contributed by atoms with Gasteiger partial charge in [0.1, 0.15) is 5.69 Å². The lowest BCUT2D eigenvalue weighted by atomic mass is 10.2. The molecule has 0 fully saturated rings. The molecule has 0 aliphatic carbocycles. The van der Waals surface area contributed by atoms with Crippen LogP contribution in [0.3, 0.4) is 0 Å². The first-order valence-electron chi connectivity index (χ1n) is 7.12. The van der Waals surface area contributed by atoms with Crippen molar-refractivity contribution in [2.24, 2.45) is 0 Å². The van der Waals surface area contributed by atoms with Crippen LogP contribution >= 0.6 is 0 Å². The number of aromatic nitrogens is 2. The minimum absolute atomic E-state index is 0.0874. The normalized spacial score (nSPS) is 10.5. The molecule has 1 heterocycles. The van der Waals surface area contributed by atoms with E-state index in [1.807, 2.05) is 73.7 Å². The SMILES string of the molecule is Cc1cc(C(=O)N(C)c2ccccc2)n(-c2ccccc2)n1. The molecule has 0 radical (unpaired) electrons. The van der Waals surface area contributed by atoms with Crippen LogP contribution < -0.4 is 4.90 Å². The standard InChI is InChI=1S/C18H17N3O/c1-14-13-17(21(19-14)16-11-7-4-8-12-16)18(22)20(2)15-9-5-3-6-10-15/h3-13H,1-2H3. The number of anilines is 1. The third kappa shape index (κ3) is 2.63. The largest absolute Gasteiger partial charge is 0.310 e. The maximum Gasteiger partial charge on any atom is 0.276 e. The number of nitrogens with zero attached hydrogens (tertiary/aromatic N) is 3. The molecule has 3 rings (SSSR count). The molecule has 0 saturated heterocycles. The van der Waals surface area contributed by atoms with Gasteiger partial charge in [0.15, 0.2) is 0 Å². The summed E-state index contributed by atoms with van der Waals surface area (Å²) in [6.07, 6.45) is 0. The zero-order valence-corrected chi connectivity index (χ0v) is 12.6. The summed E-state index contributed by atoms with van der Waals surface area (Å²) in [5.41, 5.74) is 3.09. The number of para-hydroxylation sites is 2. The van der Waals surface area contributed by atoms with E-state index < -0.39 is 0 Å². The van der Waals surface area contributed by atoms with E-state index >= 15 is 0 Å². The monoisotopic (exact) mass is 291 g/mol. The van der Waals surface area contributed by atoms with E-state index in [2.05, 4.69) is 5.10 Å². The fraction of sp³-hybridized carbons (Fsp3) is 0.111. The predicted octanol–water partition coefficient (Wildman–Crippen LogP) is 3.46. The molecule has 0 N–H and O–H groups in total. The Bertz CT molecular complexity index is 779. The fourth-order valence-electron chi connectivity index (χ4n) is 2.36. The summed E-state index contributed by atoms with van der Waals surface area (Å²) in [6.45, 7) is 1.89. The molecule has 0 atom stereocenters. The van der Waals surface area contributed by atoms with Gasteiger partial charge in [-0.3, -0.25) is 4.79 Å². The average molecular weight is 291 g/mol. The Morgan fingerprint density at radius 1 is 1.00 bits per heavy atom. The number of hydrogen-bond acceptors (Lipinski definition) is 2. The van der Waals surface area contributed by atoms with Gasteiger partial charge in [-0.15, -0.1) is 0 Å². The Balaban J connectivity index is 2.00. The van der Waals surface area contributed by atoms with Gasteiger partial charge in [-0.05, 0) is 37.3 Å². The number of aryl methyl sites for hydroxylation is 1. The Kier molecular flexibility index (Phi) is 3.74. The number of amides is 1. The Hall–Kier alpha value is -2.88. The molecular formula is C18H17N3O. The Morgan fingerprint density at radius 2 is 1.59 bits per heavy atom. The van der Waals surface area contributed by atoms with Gasteiger partial charge in [0.25, 0.3) is 5.91 Å². The highest BCUT2D eigenvalue weighted by Crippen LogP contribution is 2.18. The highest BCUT2D eigenvalue weighted by Gasteiger charge is 2.19. The molecule has 0 aliphatic heterocycles. The van der Waals surface area contributed by atoms with Gasteiger partial charge in [0.05, 0.1) is 11.4 Å². The topological polar surface area (TPSA) is 38.1 Å². The molecule has 4 heteroatoms. The summed E-state index contributed by atoms with van der Waals surface area (Å²) in [5.74, 6) is -0.0874. The minimum Gasteiger partial charge on any atom is -0.310 e. The third-order valence-electron chi connectivity index (χ3n) is 3.50. The second-order valence-electron chi connectivity index (χ2n) is 5.12. The number of hydrogen-bond donors (Lipinski definition) is 0. The van der Waals surface area contributed by atoms with Crippen molar-refractivity contribution in [3.63, 3.8) is 0 Å². The van der Waals surface area contributed by atoms with Gasteiger partial charge in [-0.1, -0.05) is 36.4 Å². The summed E-state index contributed by atoms with van der Waals surface area (Å²) < 4.78 is 1.69.